The first-order chi connectivity index (χ1) is 9.90. The first-order valence-electron chi connectivity index (χ1n) is 6.42. The van der Waals surface area contributed by atoms with Gasteiger partial charge in [0.05, 0.1) is 0 Å². The highest BCUT2D eigenvalue weighted by atomic mass is 32.2. The Balaban J connectivity index is 2.02. The van der Waals surface area contributed by atoms with E-state index in [4.69, 9.17) is 4.52 Å². The van der Waals surface area contributed by atoms with Crippen LogP contribution in [-0.4, -0.2) is 19.5 Å². The summed E-state index contributed by atoms with van der Waals surface area (Å²) in [7, 11) is -3.94. The normalized spacial score (nSPS) is 11.3. The van der Waals surface area contributed by atoms with Crippen molar-refractivity contribution in [3.63, 3.8) is 0 Å². The van der Waals surface area contributed by atoms with Crippen LogP contribution in [0.15, 0.2) is 39.8 Å². The van der Waals surface area contributed by atoms with Crippen LogP contribution in [0, 0.1) is 13.8 Å². The summed E-state index contributed by atoms with van der Waals surface area (Å²) in [6.45, 7) is 3.00. The summed E-state index contributed by atoms with van der Waals surface area (Å²) in [4.78, 5) is 11.7. The lowest BCUT2D eigenvalue weighted by atomic mass is 10.1. The molecule has 0 saturated heterocycles. The lowest BCUT2D eigenvalue weighted by molar-refractivity contribution is -0.119. The van der Waals surface area contributed by atoms with Crippen molar-refractivity contribution < 1.29 is 17.7 Å². The molecule has 0 radical (unpaired) electrons. The van der Waals surface area contributed by atoms with E-state index < -0.39 is 15.9 Å². The topological polar surface area (TPSA) is 89.3 Å². The van der Waals surface area contributed by atoms with Gasteiger partial charge in [0.25, 0.3) is 10.0 Å². The van der Waals surface area contributed by atoms with Gasteiger partial charge < -0.3 is 4.52 Å². The van der Waals surface area contributed by atoms with Gasteiger partial charge in [-0.1, -0.05) is 35.5 Å². The number of aromatic nitrogens is 1. The lowest BCUT2D eigenvalue weighted by Crippen LogP contribution is -2.31. The van der Waals surface area contributed by atoms with Gasteiger partial charge in [-0.3, -0.25) is 4.79 Å². The Labute approximate surface area is 123 Å². The van der Waals surface area contributed by atoms with Gasteiger partial charge in [0, 0.05) is 6.42 Å². The Bertz CT molecular complexity index is 716. The largest absolute Gasteiger partial charge is 0.360 e. The molecule has 0 spiro atoms. The minimum absolute atomic E-state index is 0.0736. The number of carbonyl (C=O) groups is 1. The minimum atomic E-state index is -3.94. The van der Waals surface area contributed by atoms with Crippen LogP contribution in [0.5, 0.6) is 0 Å². The number of benzene rings is 1. The molecule has 0 saturated carbocycles. The third-order valence-electron chi connectivity index (χ3n) is 2.97. The lowest BCUT2D eigenvalue weighted by Gasteiger charge is -2.06. The van der Waals surface area contributed by atoms with Gasteiger partial charge in [-0.2, -0.15) is 0 Å². The molecular weight excluding hydrogens is 292 g/mol. The van der Waals surface area contributed by atoms with Crippen molar-refractivity contribution in [1.82, 2.24) is 9.88 Å². The molecule has 0 bridgehead atoms. The zero-order valence-electron chi connectivity index (χ0n) is 11.8. The maximum Gasteiger partial charge on any atom is 0.269 e. The molecule has 112 valence electrons. The van der Waals surface area contributed by atoms with Gasteiger partial charge in [0.2, 0.25) is 5.91 Å². The van der Waals surface area contributed by atoms with E-state index in [9.17, 15) is 13.2 Å². The maximum absolute atomic E-state index is 12.1. The highest BCUT2D eigenvalue weighted by Gasteiger charge is 2.25. The standard InChI is InChI=1S/C14H16N2O4S/c1-10-14(11(2)20-15-10)21(18,19)16-13(17)9-8-12-6-4-3-5-7-12/h3-7H,8-9H2,1-2H3,(H,16,17). The van der Waals surface area contributed by atoms with Crippen LogP contribution in [0.3, 0.4) is 0 Å². The summed E-state index contributed by atoms with van der Waals surface area (Å²) < 4.78 is 31.1. The van der Waals surface area contributed by atoms with E-state index in [0.717, 1.165) is 5.56 Å². The highest BCUT2D eigenvalue weighted by molar-refractivity contribution is 7.90. The Morgan fingerprint density at radius 2 is 1.90 bits per heavy atom. The van der Waals surface area contributed by atoms with Crippen molar-refractivity contribution in [3.8, 4) is 0 Å². The van der Waals surface area contributed by atoms with Gasteiger partial charge in [-0.05, 0) is 25.8 Å². The summed E-state index contributed by atoms with van der Waals surface area (Å²) in [5.74, 6) is -0.394. The van der Waals surface area contributed by atoms with Crippen LogP contribution in [0.25, 0.3) is 0 Å². The summed E-state index contributed by atoms with van der Waals surface area (Å²) in [5.41, 5.74) is 1.21. The van der Waals surface area contributed by atoms with Crippen LogP contribution >= 0.6 is 0 Å². The summed E-state index contributed by atoms with van der Waals surface area (Å²) in [5, 5.41) is 3.58. The Morgan fingerprint density at radius 3 is 2.48 bits per heavy atom. The molecule has 0 fully saturated rings. The van der Waals surface area contributed by atoms with Crippen LogP contribution < -0.4 is 4.72 Å². The van der Waals surface area contributed by atoms with Crippen molar-refractivity contribution in [2.75, 3.05) is 0 Å². The molecule has 1 aromatic carbocycles. The zero-order chi connectivity index (χ0) is 15.5. The zero-order valence-corrected chi connectivity index (χ0v) is 12.6. The molecule has 1 N–H and O–H groups in total. The molecular formula is C14H16N2O4S. The quantitative estimate of drug-likeness (QED) is 0.908. The third kappa shape index (κ3) is 3.69. The van der Waals surface area contributed by atoms with Crippen molar-refractivity contribution in [1.29, 1.82) is 0 Å². The molecule has 1 amide bonds. The van der Waals surface area contributed by atoms with E-state index in [2.05, 4.69) is 5.16 Å². The molecule has 0 aliphatic carbocycles. The number of amides is 1. The fourth-order valence-electron chi connectivity index (χ4n) is 2.01. The van der Waals surface area contributed by atoms with E-state index >= 15 is 0 Å². The molecule has 0 aliphatic rings. The second-order valence-corrected chi connectivity index (χ2v) is 6.29. The van der Waals surface area contributed by atoms with Crippen LogP contribution in [0.4, 0.5) is 0 Å². The predicted octanol–water partition coefficient (Wildman–Crippen LogP) is 1.73. The van der Waals surface area contributed by atoms with Crippen LogP contribution in [-0.2, 0) is 21.2 Å². The smallest absolute Gasteiger partial charge is 0.269 e. The summed E-state index contributed by atoms with van der Waals surface area (Å²) in [6.07, 6.45) is 0.566. The van der Waals surface area contributed by atoms with E-state index in [1.165, 1.54) is 13.8 Å². The second-order valence-electron chi connectivity index (χ2n) is 4.67. The summed E-state index contributed by atoms with van der Waals surface area (Å²) >= 11 is 0. The fourth-order valence-corrected chi connectivity index (χ4v) is 3.36. The number of sulfonamides is 1. The first-order valence-corrected chi connectivity index (χ1v) is 7.91. The van der Waals surface area contributed by atoms with E-state index in [1.54, 1.807) is 0 Å². The SMILES string of the molecule is Cc1noc(C)c1S(=O)(=O)NC(=O)CCc1ccccc1. The third-order valence-corrected chi connectivity index (χ3v) is 4.59. The van der Waals surface area contributed by atoms with Crippen molar-refractivity contribution in [3.05, 3.63) is 47.3 Å². The van der Waals surface area contributed by atoms with Crippen LogP contribution in [0.2, 0.25) is 0 Å². The average molecular weight is 308 g/mol. The number of carbonyl (C=O) groups excluding carboxylic acids is 1. The Hall–Kier alpha value is -2.15. The van der Waals surface area contributed by atoms with Gasteiger partial charge in [-0.25, -0.2) is 13.1 Å². The Morgan fingerprint density at radius 1 is 1.24 bits per heavy atom. The van der Waals surface area contributed by atoms with Crippen molar-refractivity contribution in [2.45, 2.75) is 31.6 Å². The number of rotatable bonds is 5. The molecule has 2 rings (SSSR count). The van der Waals surface area contributed by atoms with Gasteiger partial charge in [0.1, 0.15) is 5.69 Å². The number of hydrogen-bond acceptors (Lipinski definition) is 5. The number of nitrogens with zero attached hydrogens (tertiary/aromatic N) is 1. The average Bonchev–Trinajstić information content (AvgIpc) is 2.77. The molecule has 2 aromatic rings. The van der Waals surface area contributed by atoms with Gasteiger partial charge in [0.15, 0.2) is 10.7 Å². The Kier molecular flexibility index (Phi) is 4.42. The predicted molar refractivity (Wildman–Crippen MR) is 76.1 cm³/mol. The van der Waals surface area contributed by atoms with Crippen molar-refractivity contribution >= 4 is 15.9 Å². The minimum Gasteiger partial charge on any atom is -0.360 e. The van der Waals surface area contributed by atoms with E-state index in [1.807, 2.05) is 35.1 Å². The van der Waals surface area contributed by atoms with Crippen LogP contribution in [0.1, 0.15) is 23.4 Å². The van der Waals surface area contributed by atoms with Gasteiger partial charge in [-0.15, -0.1) is 0 Å². The number of aryl methyl sites for hydroxylation is 3. The summed E-state index contributed by atoms with van der Waals surface area (Å²) in [6, 6.07) is 9.39. The fraction of sp³-hybridized carbons (Fsp3) is 0.286. The second kappa shape index (κ2) is 6.09. The first kappa shape index (κ1) is 15.2. The molecule has 21 heavy (non-hydrogen) atoms. The molecule has 0 atom stereocenters. The number of nitrogens with one attached hydrogen (secondary N) is 1. The van der Waals surface area contributed by atoms with E-state index in [0.29, 0.717) is 6.42 Å². The van der Waals surface area contributed by atoms with Gasteiger partial charge >= 0.3 is 0 Å². The van der Waals surface area contributed by atoms with E-state index in [-0.39, 0.29) is 22.8 Å². The molecule has 7 heteroatoms. The molecule has 6 nitrogen and oxygen atoms in total. The number of hydrogen-bond donors (Lipinski definition) is 1. The molecule has 0 unspecified atom stereocenters. The monoisotopic (exact) mass is 308 g/mol. The molecule has 0 aliphatic heterocycles. The molecule has 1 aromatic heterocycles. The molecule has 1 heterocycles. The maximum atomic E-state index is 12.1. The van der Waals surface area contributed by atoms with Crippen molar-refractivity contribution in [2.24, 2.45) is 0 Å². The highest BCUT2D eigenvalue weighted by Crippen LogP contribution is 2.18.